The molecule has 0 spiro atoms. The molecule has 6 nitrogen and oxygen atoms in total. The van der Waals surface area contributed by atoms with Crippen LogP contribution in [0.25, 0.3) is 11.3 Å². The summed E-state index contributed by atoms with van der Waals surface area (Å²) in [4.78, 5) is 19.0. The van der Waals surface area contributed by atoms with Crippen molar-refractivity contribution in [3.63, 3.8) is 0 Å². The van der Waals surface area contributed by atoms with Gasteiger partial charge in [-0.25, -0.2) is 13.8 Å². The highest BCUT2D eigenvalue weighted by atomic mass is 19.1. The molecule has 0 radical (unpaired) electrons. The van der Waals surface area contributed by atoms with Crippen molar-refractivity contribution in [2.24, 2.45) is 5.41 Å². The SMILES string of the molecule is CCN(C(=O)c1ncco1)C(C)C12CCC(c3cc(-c4c(F)cccc4F)nnc31)C2(C)C. The zero-order valence-corrected chi connectivity index (χ0v) is 19.1. The number of oxazole rings is 1. The zero-order valence-electron chi connectivity index (χ0n) is 19.1. The first-order valence-electron chi connectivity index (χ1n) is 11.3. The highest BCUT2D eigenvalue weighted by Crippen LogP contribution is 2.69. The van der Waals surface area contributed by atoms with E-state index in [-0.39, 0.29) is 40.4 Å². The van der Waals surface area contributed by atoms with E-state index in [9.17, 15) is 13.6 Å². The number of hydrogen-bond donors (Lipinski definition) is 0. The van der Waals surface area contributed by atoms with Gasteiger partial charge in [-0.1, -0.05) is 19.9 Å². The number of hydrogen-bond acceptors (Lipinski definition) is 5. The minimum absolute atomic E-state index is 0.0575. The van der Waals surface area contributed by atoms with Gasteiger partial charge in [0, 0.05) is 18.0 Å². The van der Waals surface area contributed by atoms with Crippen molar-refractivity contribution >= 4 is 5.91 Å². The Morgan fingerprint density at radius 2 is 2.00 bits per heavy atom. The van der Waals surface area contributed by atoms with E-state index in [2.05, 4.69) is 29.0 Å². The Kier molecular flexibility index (Phi) is 4.88. The van der Waals surface area contributed by atoms with E-state index in [0.29, 0.717) is 6.54 Å². The van der Waals surface area contributed by atoms with Gasteiger partial charge in [-0.15, -0.1) is 0 Å². The largest absolute Gasteiger partial charge is 0.441 e. The number of benzene rings is 1. The number of halogens is 2. The Balaban J connectivity index is 1.62. The molecule has 2 aliphatic carbocycles. The molecule has 2 aromatic heterocycles. The number of fused-ring (bicyclic) bond motifs is 5. The van der Waals surface area contributed by atoms with Crippen LogP contribution in [0.3, 0.4) is 0 Å². The predicted molar refractivity (Wildman–Crippen MR) is 117 cm³/mol. The van der Waals surface area contributed by atoms with Gasteiger partial charge in [-0.05, 0) is 61.8 Å². The molecule has 3 atom stereocenters. The number of likely N-dealkylation sites (N-methyl/N-ethyl adjacent to an activating group) is 1. The summed E-state index contributed by atoms with van der Waals surface area (Å²) >= 11 is 0. The smallest absolute Gasteiger partial charge is 0.309 e. The van der Waals surface area contributed by atoms with Crippen LogP contribution in [-0.2, 0) is 5.41 Å². The number of nitrogens with zero attached hydrogens (tertiary/aromatic N) is 4. The molecule has 2 heterocycles. The van der Waals surface area contributed by atoms with Crippen molar-refractivity contribution < 1.29 is 18.0 Å². The van der Waals surface area contributed by atoms with Crippen LogP contribution < -0.4 is 0 Å². The summed E-state index contributed by atoms with van der Waals surface area (Å²) in [7, 11) is 0. The first-order chi connectivity index (χ1) is 15.7. The second-order valence-electron chi connectivity index (χ2n) is 9.52. The summed E-state index contributed by atoms with van der Waals surface area (Å²) in [6, 6.07) is 5.35. The summed E-state index contributed by atoms with van der Waals surface area (Å²) in [5.74, 6) is -1.39. The van der Waals surface area contributed by atoms with E-state index in [0.717, 1.165) is 24.1 Å². The molecule has 2 bridgehead atoms. The van der Waals surface area contributed by atoms with Crippen LogP contribution in [-0.4, -0.2) is 38.6 Å². The summed E-state index contributed by atoms with van der Waals surface area (Å²) in [5.41, 5.74) is 1.12. The van der Waals surface area contributed by atoms with E-state index in [1.165, 1.54) is 30.7 Å². The lowest BCUT2D eigenvalue weighted by atomic mass is 9.64. The Hall–Kier alpha value is -3.16. The molecule has 8 heteroatoms. The van der Waals surface area contributed by atoms with Crippen molar-refractivity contribution in [1.82, 2.24) is 20.1 Å². The molecular formula is C25H26F2N4O2. The van der Waals surface area contributed by atoms with E-state index in [1.807, 2.05) is 13.8 Å². The van der Waals surface area contributed by atoms with Gasteiger partial charge in [0.25, 0.3) is 5.89 Å². The third-order valence-electron chi connectivity index (χ3n) is 8.09. The number of rotatable bonds is 5. The van der Waals surface area contributed by atoms with Gasteiger partial charge in [0.05, 0.1) is 23.1 Å². The van der Waals surface area contributed by atoms with Crippen LogP contribution in [0.2, 0.25) is 0 Å². The van der Waals surface area contributed by atoms with Gasteiger partial charge in [0.15, 0.2) is 0 Å². The average molecular weight is 453 g/mol. The molecule has 1 amide bonds. The van der Waals surface area contributed by atoms with Gasteiger partial charge >= 0.3 is 5.91 Å². The first kappa shape index (κ1) is 21.7. The quantitative estimate of drug-likeness (QED) is 0.538. The lowest BCUT2D eigenvalue weighted by molar-refractivity contribution is 0.0413. The molecule has 1 fully saturated rings. The van der Waals surface area contributed by atoms with Crippen molar-refractivity contribution in [2.75, 3.05) is 6.54 Å². The minimum atomic E-state index is -0.663. The van der Waals surface area contributed by atoms with Crippen LogP contribution in [0.5, 0.6) is 0 Å². The monoisotopic (exact) mass is 452 g/mol. The predicted octanol–water partition coefficient (Wildman–Crippen LogP) is 5.12. The van der Waals surface area contributed by atoms with Crippen molar-refractivity contribution in [1.29, 1.82) is 0 Å². The van der Waals surface area contributed by atoms with Gasteiger partial charge < -0.3 is 9.32 Å². The maximum absolute atomic E-state index is 14.4. The second kappa shape index (κ2) is 7.43. The molecule has 1 saturated carbocycles. The third kappa shape index (κ3) is 2.82. The van der Waals surface area contributed by atoms with E-state index < -0.39 is 17.0 Å². The summed E-state index contributed by atoms with van der Waals surface area (Å²) in [6.07, 6.45) is 4.59. The Morgan fingerprint density at radius 3 is 2.64 bits per heavy atom. The van der Waals surface area contributed by atoms with Crippen LogP contribution in [0.15, 0.2) is 41.1 Å². The number of carbonyl (C=O) groups is 1. The van der Waals surface area contributed by atoms with Crippen LogP contribution in [0.4, 0.5) is 8.78 Å². The lowest BCUT2D eigenvalue weighted by Crippen LogP contribution is -2.55. The second-order valence-corrected chi connectivity index (χ2v) is 9.52. The van der Waals surface area contributed by atoms with Crippen LogP contribution in [0.1, 0.15) is 68.4 Å². The topological polar surface area (TPSA) is 72.1 Å². The van der Waals surface area contributed by atoms with Crippen LogP contribution >= 0.6 is 0 Å². The molecule has 0 saturated heterocycles. The highest BCUT2D eigenvalue weighted by molar-refractivity contribution is 5.90. The Bertz CT molecular complexity index is 1210. The highest BCUT2D eigenvalue weighted by Gasteiger charge is 2.66. The molecular weight excluding hydrogens is 426 g/mol. The van der Waals surface area contributed by atoms with Gasteiger partial charge in [-0.3, -0.25) is 4.79 Å². The molecule has 5 rings (SSSR count). The molecule has 0 aliphatic heterocycles. The lowest BCUT2D eigenvalue weighted by Gasteiger charge is -2.46. The van der Waals surface area contributed by atoms with E-state index in [1.54, 1.807) is 11.0 Å². The average Bonchev–Trinajstić information content (AvgIpc) is 3.45. The van der Waals surface area contributed by atoms with Gasteiger partial charge in [0.1, 0.15) is 17.9 Å². The molecule has 33 heavy (non-hydrogen) atoms. The molecule has 172 valence electrons. The first-order valence-corrected chi connectivity index (χ1v) is 11.3. The standard InChI is InChI=1S/C25H26F2N4O2/c1-5-31(23(32)22-28-11-12-33-22)14(2)25-10-9-16(24(25,3)4)15-13-19(29-30-21(15)25)20-17(26)7-6-8-18(20)27/h6-8,11-14,16H,5,9-10H2,1-4H3. The molecule has 2 aliphatic rings. The fourth-order valence-corrected chi connectivity index (χ4v) is 6.47. The maximum Gasteiger partial charge on any atom is 0.309 e. The Morgan fingerprint density at radius 1 is 1.27 bits per heavy atom. The van der Waals surface area contributed by atoms with Crippen molar-refractivity contribution in [3.05, 3.63) is 65.5 Å². The minimum Gasteiger partial charge on any atom is -0.441 e. The number of carbonyl (C=O) groups excluding carboxylic acids is 1. The molecule has 0 N–H and O–H groups in total. The van der Waals surface area contributed by atoms with E-state index >= 15 is 0 Å². The zero-order chi connectivity index (χ0) is 23.5. The third-order valence-corrected chi connectivity index (χ3v) is 8.09. The Labute approximate surface area is 191 Å². The van der Waals surface area contributed by atoms with Gasteiger partial charge in [0.2, 0.25) is 0 Å². The fraction of sp³-hybridized carbons (Fsp3) is 0.440. The molecule has 3 unspecified atom stereocenters. The number of aromatic nitrogens is 3. The maximum atomic E-state index is 14.4. The normalized spacial score (nSPS) is 23.4. The van der Waals surface area contributed by atoms with Crippen molar-refractivity contribution in [2.45, 2.75) is 57.9 Å². The fourth-order valence-electron chi connectivity index (χ4n) is 6.47. The van der Waals surface area contributed by atoms with Gasteiger partial charge in [-0.2, -0.15) is 10.2 Å². The van der Waals surface area contributed by atoms with Crippen LogP contribution in [0, 0.1) is 17.0 Å². The van der Waals surface area contributed by atoms with E-state index in [4.69, 9.17) is 4.42 Å². The summed E-state index contributed by atoms with van der Waals surface area (Å²) in [6.45, 7) is 8.83. The van der Waals surface area contributed by atoms with Crippen molar-refractivity contribution in [3.8, 4) is 11.3 Å². The number of amides is 1. The molecule has 1 aromatic carbocycles. The summed E-state index contributed by atoms with van der Waals surface area (Å²) < 4.78 is 34.2. The molecule has 3 aromatic rings. The summed E-state index contributed by atoms with van der Waals surface area (Å²) in [5, 5.41) is 8.84.